The van der Waals surface area contributed by atoms with Gasteiger partial charge < -0.3 is 5.11 Å². The van der Waals surface area contributed by atoms with Gasteiger partial charge in [-0.15, -0.1) is 0 Å². The molecular weight excluding hydrogens is 243 g/mol. The Morgan fingerprint density at radius 2 is 2.00 bits per heavy atom. The topological polar surface area (TPSA) is 23.5 Å². The van der Waals surface area contributed by atoms with Gasteiger partial charge in [-0.1, -0.05) is 18.2 Å². The van der Waals surface area contributed by atoms with Crippen molar-refractivity contribution in [3.63, 3.8) is 0 Å². The summed E-state index contributed by atoms with van der Waals surface area (Å²) in [5.74, 6) is 0. The number of likely N-dealkylation sites (tertiary alicyclic amines) is 1. The summed E-state index contributed by atoms with van der Waals surface area (Å²) < 4.78 is 38.5. The van der Waals surface area contributed by atoms with E-state index in [-0.39, 0.29) is 24.8 Å². The average molecular weight is 259 g/mol. The average Bonchev–Trinajstić information content (AvgIpc) is 2.75. The second kappa shape index (κ2) is 5.28. The first-order valence-corrected chi connectivity index (χ1v) is 6.02. The number of hydrogen-bond donors (Lipinski definition) is 1. The molecule has 0 aromatic heterocycles. The molecule has 1 N–H and O–H groups in total. The lowest BCUT2D eigenvalue weighted by Crippen LogP contribution is -2.32. The molecule has 0 unspecified atom stereocenters. The Bertz CT molecular complexity index is 405. The maximum atomic E-state index is 12.8. The number of alkyl halides is 3. The molecular formula is C13H16F3NO. The minimum atomic E-state index is -4.31. The Morgan fingerprint density at radius 3 is 2.67 bits per heavy atom. The first-order valence-electron chi connectivity index (χ1n) is 6.02. The molecule has 1 heterocycles. The molecule has 1 aromatic carbocycles. The minimum Gasteiger partial charge on any atom is -0.395 e. The van der Waals surface area contributed by atoms with Crippen molar-refractivity contribution < 1.29 is 18.3 Å². The van der Waals surface area contributed by atoms with Crippen molar-refractivity contribution in [3.05, 3.63) is 35.4 Å². The highest BCUT2D eigenvalue weighted by Gasteiger charge is 2.34. The Morgan fingerprint density at radius 1 is 1.28 bits per heavy atom. The zero-order valence-electron chi connectivity index (χ0n) is 9.95. The van der Waals surface area contributed by atoms with Crippen molar-refractivity contribution in [2.24, 2.45) is 0 Å². The SMILES string of the molecule is OC[C@H]1CCCN1Cc1ccccc1C(F)(F)F. The molecule has 5 heteroatoms. The van der Waals surface area contributed by atoms with Gasteiger partial charge in [-0.3, -0.25) is 4.90 Å². The quantitative estimate of drug-likeness (QED) is 0.902. The van der Waals surface area contributed by atoms with E-state index in [4.69, 9.17) is 0 Å². The van der Waals surface area contributed by atoms with Gasteiger partial charge in [0.15, 0.2) is 0 Å². The monoisotopic (exact) mass is 259 g/mol. The van der Waals surface area contributed by atoms with Crippen LogP contribution in [0.3, 0.4) is 0 Å². The third-order valence-electron chi connectivity index (χ3n) is 3.41. The highest BCUT2D eigenvalue weighted by molar-refractivity contribution is 5.29. The van der Waals surface area contributed by atoms with Crippen molar-refractivity contribution in [3.8, 4) is 0 Å². The standard InChI is InChI=1S/C13H16F3NO/c14-13(15,16)12-6-2-1-4-10(12)8-17-7-3-5-11(17)9-18/h1-2,4,6,11,18H,3,5,7-9H2/t11-/m1/s1. The Kier molecular flexibility index (Phi) is 3.92. The highest BCUT2D eigenvalue weighted by Crippen LogP contribution is 2.33. The van der Waals surface area contributed by atoms with Crippen LogP contribution in [-0.4, -0.2) is 29.2 Å². The molecule has 2 nitrogen and oxygen atoms in total. The van der Waals surface area contributed by atoms with Crippen LogP contribution in [-0.2, 0) is 12.7 Å². The number of rotatable bonds is 3. The van der Waals surface area contributed by atoms with E-state index in [2.05, 4.69) is 0 Å². The van der Waals surface area contributed by atoms with Crippen LogP contribution in [0.15, 0.2) is 24.3 Å². The zero-order chi connectivity index (χ0) is 13.2. The van der Waals surface area contributed by atoms with Crippen molar-refractivity contribution >= 4 is 0 Å². The molecule has 1 fully saturated rings. The van der Waals surface area contributed by atoms with E-state index in [1.807, 2.05) is 4.90 Å². The molecule has 0 aliphatic carbocycles. The molecule has 0 spiro atoms. The van der Waals surface area contributed by atoms with E-state index in [9.17, 15) is 18.3 Å². The lowest BCUT2D eigenvalue weighted by Gasteiger charge is -2.24. The molecule has 1 aromatic rings. The molecule has 1 aliphatic heterocycles. The van der Waals surface area contributed by atoms with Gasteiger partial charge in [0.25, 0.3) is 0 Å². The van der Waals surface area contributed by atoms with Crippen LogP contribution in [0.2, 0.25) is 0 Å². The van der Waals surface area contributed by atoms with Crippen LogP contribution in [0.4, 0.5) is 13.2 Å². The first kappa shape index (κ1) is 13.4. The minimum absolute atomic E-state index is 0.00807. The van der Waals surface area contributed by atoms with Crippen molar-refractivity contribution in [1.29, 1.82) is 0 Å². The summed E-state index contributed by atoms with van der Waals surface area (Å²) in [6, 6.07) is 5.63. The lowest BCUT2D eigenvalue weighted by atomic mass is 10.1. The van der Waals surface area contributed by atoms with E-state index in [1.54, 1.807) is 6.07 Å². The fourth-order valence-electron chi connectivity index (χ4n) is 2.46. The Hall–Kier alpha value is -1.07. The second-order valence-electron chi connectivity index (χ2n) is 4.60. The Balaban J connectivity index is 2.19. The molecule has 0 amide bonds. The predicted molar refractivity (Wildman–Crippen MR) is 62.0 cm³/mol. The molecule has 0 saturated carbocycles. The van der Waals surface area contributed by atoms with Crippen LogP contribution in [0.1, 0.15) is 24.0 Å². The largest absolute Gasteiger partial charge is 0.416 e. The summed E-state index contributed by atoms with van der Waals surface area (Å²) in [7, 11) is 0. The predicted octanol–water partition coefficient (Wildman–Crippen LogP) is 2.66. The summed E-state index contributed by atoms with van der Waals surface area (Å²) >= 11 is 0. The maximum absolute atomic E-state index is 12.8. The highest BCUT2D eigenvalue weighted by atomic mass is 19.4. The fraction of sp³-hybridized carbons (Fsp3) is 0.538. The summed E-state index contributed by atoms with van der Waals surface area (Å²) in [4.78, 5) is 1.92. The number of halogens is 3. The van der Waals surface area contributed by atoms with Crippen LogP contribution in [0.5, 0.6) is 0 Å². The van der Waals surface area contributed by atoms with Crippen LogP contribution >= 0.6 is 0 Å². The number of benzene rings is 1. The van der Waals surface area contributed by atoms with Gasteiger partial charge in [-0.25, -0.2) is 0 Å². The van der Waals surface area contributed by atoms with Crippen molar-refractivity contribution in [2.75, 3.05) is 13.2 Å². The van der Waals surface area contributed by atoms with Crippen molar-refractivity contribution in [2.45, 2.75) is 31.6 Å². The van der Waals surface area contributed by atoms with Crippen LogP contribution < -0.4 is 0 Å². The van der Waals surface area contributed by atoms with E-state index < -0.39 is 11.7 Å². The van der Waals surface area contributed by atoms with Gasteiger partial charge in [0.2, 0.25) is 0 Å². The van der Waals surface area contributed by atoms with E-state index in [0.717, 1.165) is 25.5 Å². The van der Waals surface area contributed by atoms with Gasteiger partial charge in [-0.05, 0) is 31.0 Å². The second-order valence-corrected chi connectivity index (χ2v) is 4.60. The van der Waals surface area contributed by atoms with Gasteiger partial charge in [0.1, 0.15) is 0 Å². The van der Waals surface area contributed by atoms with Crippen LogP contribution in [0.25, 0.3) is 0 Å². The number of aliphatic hydroxyl groups is 1. The molecule has 2 rings (SSSR count). The van der Waals surface area contributed by atoms with Gasteiger partial charge in [0, 0.05) is 12.6 Å². The van der Waals surface area contributed by atoms with Gasteiger partial charge >= 0.3 is 6.18 Å². The third-order valence-corrected chi connectivity index (χ3v) is 3.41. The molecule has 0 radical (unpaired) electrons. The summed E-state index contributed by atoms with van der Waals surface area (Å²) in [5, 5.41) is 9.18. The Labute approximate surface area is 104 Å². The summed E-state index contributed by atoms with van der Waals surface area (Å²) in [5.41, 5.74) is -0.293. The number of hydrogen-bond acceptors (Lipinski definition) is 2. The number of aliphatic hydroxyl groups excluding tert-OH is 1. The first-order chi connectivity index (χ1) is 8.52. The molecule has 1 atom stereocenters. The molecule has 1 aliphatic rings. The summed E-state index contributed by atoms with van der Waals surface area (Å²) in [6.07, 6.45) is -2.53. The molecule has 0 bridgehead atoms. The zero-order valence-corrected chi connectivity index (χ0v) is 9.95. The van der Waals surface area contributed by atoms with Gasteiger partial charge in [0.05, 0.1) is 12.2 Å². The third kappa shape index (κ3) is 2.84. The van der Waals surface area contributed by atoms with Crippen molar-refractivity contribution in [1.82, 2.24) is 4.90 Å². The smallest absolute Gasteiger partial charge is 0.395 e. The van der Waals surface area contributed by atoms with E-state index in [1.165, 1.54) is 12.1 Å². The van der Waals surface area contributed by atoms with Gasteiger partial charge in [-0.2, -0.15) is 13.2 Å². The maximum Gasteiger partial charge on any atom is 0.416 e. The molecule has 100 valence electrons. The fourth-order valence-corrected chi connectivity index (χ4v) is 2.46. The lowest BCUT2D eigenvalue weighted by molar-refractivity contribution is -0.138. The number of nitrogens with zero attached hydrogens (tertiary/aromatic N) is 1. The summed E-state index contributed by atoms with van der Waals surface area (Å²) in [6.45, 7) is 1.01. The normalized spacial score (nSPS) is 21.4. The van der Waals surface area contributed by atoms with Crippen LogP contribution in [0, 0.1) is 0 Å². The molecule has 1 saturated heterocycles. The van der Waals surface area contributed by atoms with E-state index >= 15 is 0 Å². The van der Waals surface area contributed by atoms with E-state index in [0.29, 0.717) is 0 Å². The molecule has 18 heavy (non-hydrogen) atoms.